The van der Waals surface area contributed by atoms with Crippen molar-refractivity contribution in [3.8, 4) is 0 Å². The van der Waals surface area contributed by atoms with Crippen molar-refractivity contribution in [3.63, 3.8) is 0 Å². The molecule has 1 amide bonds. The first-order valence-electron chi connectivity index (χ1n) is 5.20. The Labute approximate surface area is 94.0 Å². The second-order valence-corrected chi connectivity index (χ2v) is 4.60. The summed E-state index contributed by atoms with van der Waals surface area (Å²) in [6, 6.07) is -0.132. The molecule has 16 heavy (non-hydrogen) atoms. The Morgan fingerprint density at radius 2 is 2.25 bits per heavy atom. The van der Waals surface area contributed by atoms with Gasteiger partial charge in [-0.25, -0.2) is 0 Å². The Hall–Kier alpha value is -1.52. The highest BCUT2D eigenvalue weighted by molar-refractivity contribution is 5.91. The number of esters is 1. The number of ether oxygens (including phenoxy) is 2. The zero-order valence-corrected chi connectivity index (χ0v) is 9.65. The Balaban J connectivity index is 2.18. The maximum absolute atomic E-state index is 11.8. The second kappa shape index (κ2) is 3.23. The summed E-state index contributed by atoms with van der Waals surface area (Å²) in [6.07, 6.45) is -0.148. The fraction of sp³-hybridized carbons (Fsp3) is 0.636. The molecule has 0 aromatic carbocycles. The monoisotopic (exact) mass is 225 g/mol. The predicted molar refractivity (Wildman–Crippen MR) is 55.1 cm³/mol. The van der Waals surface area contributed by atoms with Crippen LogP contribution >= 0.6 is 0 Å². The molecule has 5 nitrogen and oxygen atoms in total. The number of fused-ring (bicyclic) bond motifs is 1. The highest BCUT2D eigenvalue weighted by Gasteiger charge is 2.58. The van der Waals surface area contributed by atoms with E-state index in [1.54, 1.807) is 18.7 Å². The molecule has 0 bridgehead atoms. The molecule has 2 rings (SSSR count). The normalized spacial score (nSPS) is 31.3. The van der Waals surface area contributed by atoms with E-state index in [0.717, 1.165) is 0 Å². The van der Waals surface area contributed by atoms with E-state index >= 15 is 0 Å². The molecule has 0 spiro atoms. The van der Waals surface area contributed by atoms with Gasteiger partial charge in [0.25, 0.3) is 5.91 Å². The fourth-order valence-electron chi connectivity index (χ4n) is 2.37. The minimum Gasteiger partial charge on any atom is -0.473 e. The number of rotatable bonds is 1. The van der Waals surface area contributed by atoms with Crippen LogP contribution in [0.15, 0.2) is 12.3 Å². The van der Waals surface area contributed by atoms with E-state index < -0.39 is 17.8 Å². The van der Waals surface area contributed by atoms with Crippen LogP contribution in [0.3, 0.4) is 0 Å². The molecule has 0 aromatic heterocycles. The summed E-state index contributed by atoms with van der Waals surface area (Å²) in [5, 5.41) is 0. The van der Waals surface area contributed by atoms with Crippen LogP contribution in [-0.4, -0.2) is 34.6 Å². The summed E-state index contributed by atoms with van der Waals surface area (Å²) in [5.74, 6) is -0.0125. The minimum absolute atomic E-state index is 0.132. The molecule has 2 unspecified atom stereocenters. The van der Waals surface area contributed by atoms with Crippen LogP contribution < -0.4 is 0 Å². The number of carbonyl (C=O) groups is 2. The van der Waals surface area contributed by atoms with E-state index in [1.807, 2.05) is 0 Å². The van der Waals surface area contributed by atoms with Gasteiger partial charge in [-0.3, -0.25) is 14.5 Å². The average Bonchev–Trinajstić information content (AvgIpc) is 2.11. The molecule has 2 saturated heterocycles. The Bertz CT molecular complexity index is 374. The van der Waals surface area contributed by atoms with Gasteiger partial charge in [0.1, 0.15) is 0 Å². The Kier molecular flexibility index (Phi) is 2.22. The summed E-state index contributed by atoms with van der Waals surface area (Å²) in [7, 11) is 0. The van der Waals surface area contributed by atoms with E-state index in [9.17, 15) is 9.59 Å². The van der Waals surface area contributed by atoms with Gasteiger partial charge in [0.05, 0.1) is 11.8 Å². The molecule has 88 valence electrons. The lowest BCUT2D eigenvalue weighted by molar-refractivity contribution is -0.232. The van der Waals surface area contributed by atoms with Crippen LogP contribution in [0.25, 0.3) is 0 Å². The minimum atomic E-state index is -0.701. The number of nitrogens with zero attached hydrogens (tertiary/aromatic N) is 1. The van der Waals surface area contributed by atoms with E-state index in [-0.39, 0.29) is 11.9 Å². The van der Waals surface area contributed by atoms with Gasteiger partial charge in [-0.15, -0.1) is 0 Å². The van der Waals surface area contributed by atoms with Gasteiger partial charge >= 0.3 is 5.97 Å². The van der Waals surface area contributed by atoms with Gasteiger partial charge in [0.15, 0.2) is 5.72 Å². The number of β-lactam (4-membered cyclic amide) rings is 1. The third kappa shape index (κ3) is 1.47. The van der Waals surface area contributed by atoms with Crippen molar-refractivity contribution >= 4 is 11.9 Å². The summed E-state index contributed by atoms with van der Waals surface area (Å²) < 4.78 is 10.5. The third-order valence-corrected chi connectivity index (χ3v) is 2.87. The molecule has 2 atom stereocenters. The van der Waals surface area contributed by atoms with Crippen molar-refractivity contribution in [1.29, 1.82) is 0 Å². The molecule has 0 aromatic rings. The Morgan fingerprint density at radius 1 is 1.62 bits per heavy atom. The molecule has 5 heteroatoms. The van der Waals surface area contributed by atoms with Gasteiger partial charge in [0.2, 0.25) is 6.10 Å². The largest absolute Gasteiger partial charge is 0.473 e. The van der Waals surface area contributed by atoms with Crippen molar-refractivity contribution < 1.29 is 19.1 Å². The zero-order valence-electron chi connectivity index (χ0n) is 9.65. The van der Waals surface area contributed by atoms with Gasteiger partial charge < -0.3 is 9.47 Å². The highest BCUT2D eigenvalue weighted by Crippen LogP contribution is 2.41. The maximum Gasteiger partial charge on any atom is 0.303 e. The van der Waals surface area contributed by atoms with Crippen molar-refractivity contribution in [2.45, 2.75) is 45.1 Å². The summed E-state index contributed by atoms with van der Waals surface area (Å²) >= 11 is 0. The van der Waals surface area contributed by atoms with Crippen molar-refractivity contribution in [3.05, 3.63) is 12.3 Å². The van der Waals surface area contributed by atoms with Gasteiger partial charge in [0, 0.05) is 13.3 Å². The molecule has 0 radical (unpaired) electrons. The SMILES string of the molecule is C=C1CC2C(OC(C)=O)C(=O)N2C(C)(C)O1. The molecular weight excluding hydrogens is 210 g/mol. The molecular formula is C11H15NO4. The van der Waals surface area contributed by atoms with E-state index in [2.05, 4.69) is 6.58 Å². The quantitative estimate of drug-likeness (QED) is 0.489. The lowest BCUT2D eigenvalue weighted by Crippen LogP contribution is -2.74. The molecule has 2 aliphatic rings. The maximum atomic E-state index is 11.8. The molecule has 2 aliphatic heterocycles. The topological polar surface area (TPSA) is 55.8 Å². The number of hydrogen-bond acceptors (Lipinski definition) is 4. The molecule has 0 N–H and O–H groups in total. The van der Waals surface area contributed by atoms with Gasteiger partial charge in [-0.05, 0) is 13.8 Å². The van der Waals surface area contributed by atoms with Crippen LogP contribution in [0.5, 0.6) is 0 Å². The first-order valence-corrected chi connectivity index (χ1v) is 5.20. The number of carbonyl (C=O) groups excluding carboxylic acids is 2. The smallest absolute Gasteiger partial charge is 0.303 e. The van der Waals surface area contributed by atoms with Crippen molar-refractivity contribution in [2.24, 2.45) is 0 Å². The first-order chi connectivity index (χ1) is 7.33. The summed E-state index contributed by atoms with van der Waals surface area (Å²) in [6.45, 7) is 8.66. The summed E-state index contributed by atoms with van der Waals surface area (Å²) in [5.41, 5.74) is -0.701. The highest BCUT2D eigenvalue weighted by atomic mass is 16.6. The molecule has 0 aliphatic carbocycles. The van der Waals surface area contributed by atoms with Crippen LogP contribution in [0.4, 0.5) is 0 Å². The van der Waals surface area contributed by atoms with Gasteiger partial charge in [-0.2, -0.15) is 0 Å². The standard InChI is InChI=1S/C11H15NO4/c1-6-5-8-9(15-7(2)13)10(14)12(8)11(3,4)16-6/h8-9H,1,5H2,2-4H3. The lowest BCUT2D eigenvalue weighted by atomic mass is 9.89. The lowest BCUT2D eigenvalue weighted by Gasteiger charge is -2.56. The molecule has 0 saturated carbocycles. The van der Waals surface area contributed by atoms with Crippen LogP contribution in [0.2, 0.25) is 0 Å². The number of hydrogen-bond donors (Lipinski definition) is 0. The van der Waals surface area contributed by atoms with Crippen LogP contribution in [0, 0.1) is 0 Å². The van der Waals surface area contributed by atoms with E-state index in [1.165, 1.54) is 6.92 Å². The predicted octanol–water partition coefficient (Wildman–Crippen LogP) is 0.799. The molecule has 2 heterocycles. The fourth-order valence-corrected chi connectivity index (χ4v) is 2.37. The average molecular weight is 225 g/mol. The first kappa shape index (κ1) is 11.0. The van der Waals surface area contributed by atoms with E-state index in [4.69, 9.17) is 9.47 Å². The van der Waals surface area contributed by atoms with Crippen molar-refractivity contribution in [1.82, 2.24) is 4.90 Å². The Morgan fingerprint density at radius 3 is 2.81 bits per heavy atom. The molecule has 2 fully saturated rings. The van der Waals surface area contributed by atoms with Crippen LogP contribution in [0.1, 0.15) is 27.2 Å². The van der Waals surface area contributed by atoms with Crippen LogP contribution in [-0.2, 0) is 19.1 Å². The van der Waals surface area contributed by atoms with Crippen molar-refractivity contribution in [2.75, 3.05) is 0 Å². The van der Waals surface area contributed by atoms with Gasteiger partial charge in [-0.1, -0.05) is 6.58 Å². The number of amides is 1. The second-order valence-electron chi connectivity index (χ2n) is 4.60. The van der Waals surface area contributed by atoms with E-state index in [0.29, 0.717) is 12.2 Å². The zero-order chi connectivity index (χ0) is 12.1. The third-order valence-electron chi connectivity index (χ3n) is 2.87. The summed E-state index contributed by atoms with van der Waals surface area (Å²) in [4.78, 5) is 24.3.